The van der Waals surface area contributed by atoms with Gasteiger partial charge >= 0.3 is 0 Å². The Morgan fingerprint density at radius 3 is 2.56 bits per heavy atom. The molecule has 0 radical (unpaired) electrons. The molecule has 1 aromatic carbocycles. The van der Waals surface area contributed by atoms with E-state index >= 15 is 0 Å². The predicted octanol–water partition coefficient (Wildman–Crippen LogP) is 1.64. The van der Waals surface area contributed by atoms with Gasteiger partial charge in [0, 0.05) is 16.9 Å². The van der Waals surface area contributed by atoms with Gasteiger partial charge < -0.3 is 10.1 Å². The summed E-state index contributed by atoms with van der Waals surface area (Å²) in [6.07, 6.45) is 0. The van der Waals surface area contributed by atoms with Crippen LogP contribution < -0.4 is 0 Å². The first-order valence-electron chi connectivity index (χ1n) is 3.98. The summed E-state index contributed by atoms with van der Waals surface area (Å²) in [6, 6.07) is 3.58. The minimum Gasteiger partial charge on any atom is -0.339 e. The number of non-ortho nitro benzene ring substituents is 1. The molecular weight excluding hydrogens is 240 g/mol. The fourth-order valence-corrected chi connectivity index (χ4v) is 1.52. The molecule has 1 aromatic heterocycles. The van der Waals surface area contributed by atoms with E-state index in [-0.39, 0.29) is 16.4 Å². The molecule has 0 aliphatic heterocycles. The van der Waals surface area contributed by atoms with E-state index in [1.165, 1.54) is 12.1 Å². The highest BCUT2D eigenvalue weighted by Gasteiger charge is 2.20. The van der Waals surface area contributed by atoms with Gasteiger partial charge in [0.2, 0.25) is 0 Å². The zero-order valence-electron chi connectivity index (χ0n) is 7.53. The zero-order chi connectivity index (χ0) is 11.9. The molecule has 1 heterocycles. The minimum atomic E-state index is -0.808. The molecule has 0 atom stereocenters. The molecule has 0 spiro atoms. The van der Waals surface area contributed by atoms with Crippen molar-refractivity contribution in [3.8, 4) is 0 Å². The Balaban J connectivity index is 2.79. The standard InChI is InChI=1S/C7H3ClN4O4/c8-7-5-2-1-4(11(13)14)3-6(5)10(9-7)12(15)16/h1-3H. The smallest absolute Gasteiger partial charge is 0.277 e. The monoisotopic (exact) mass is 242 g/mol. The van der Waals surface area contributed by atoms with Crippen molar-refractivity contribution < 1.29 is 9.96 Å². The van der Waals surface area contributed by atoms with E-state index in [0.29, 0.717) is 10.2 Å². The summed E-state index contributed by atoms with van der Waals surface area (Å²) in [5.74, 6) is 0. The molecule has 8 nitrogen and oxygen atoms in total. The summed E-state index contributed by atoms with van der Waals surface area (Å²) in [4.78, 5) is 20.9. The number of hydrogen-bond donors (Lipinski definition) is 0. The third kappa shape index (κ3) is 1.44. The van der Waals surface area contributed by atoms with Gasteiger partial charge in [0.25, 0.3) is 10.8 Å². The van der Waals surface area contributed by atoms with Gasteiger partial charge in [0.15, 0.2) is 5.52 Å². The first kappa shape index (κ1) is 10.3. The van der Waals surface area contributed by atoms with E-state index in [1.54, 1.807) is 0 Å². The first-order chi connectivity index (χ1) is 7.50. The molecule has 0 saturated carbocycles. The average Bonchev–Trinajstić information content (AvgIpc) is 2.56. The second-order valence-electron chi connectivity index (χ2n) is 2.88. The van der Waals surface area contributed by atoms with Gasteiger partial charge in [-0.25, -0.2) is 0 Å². The topological polar surface area (TPSA) is 104 Å². The number of nitro benzene ring substituents is 1. The Morgan fingerprint density at radius 1 is 1.31 bits per heavy atom. The van der Waals surface area contributed by atoms with Crippen molar-refractivity contribution >= 4 is 28.2 Å². The first-order valence-corrected chi connectivity index (χ1v) is 4.36. The molecule has 0 unspecified atom stereocenters. The van der Waals surface area contributed by atoms with E-state index in [1.807, 2.05) is 0 Å². The maximum absolute atomic E-state index is 10.6. The Labute approximate surface area is 92.3 Å². The van der Waals surface area contributed by atoms with Gasteiger partial charge in [-0.3, -0.25) is 10.1 Å². The van der Waals surface area contributed by atoms with Crippen LogP contribution in [0.3, 0.4) is 0 Å². The number of rotatable bonds is 2. The van der Waals surface area contributed by atoms with Crippen molar-refractivity contribution in [2.24, 2.45) is 0 Å². The largest absolute Gasteiger partial charge is 0.339 e. The van der Waals surface area contributed by atoms with Crippen molar-refractivity contribution in [1.29, 1.82) is 0 Å². The molecule has 0 N–H and O–H groups in total. The number of benzene rings is 1. The normalized spacial score (nSPS) is 10.6. The van der Waals surface area contributed by atoms with E-state index < -0.39 is 9.96 Å². The second-order valence-corrected chi connectivity index (χ2v) is 3.23. The Kier molecular flexibility index (Phi) is 2.20. The summed E-state index contributed by atoms with van der Waals surface area (Å²) in [5, 5.41) is 24.0. The van der Waals surface area contributed by atoms with Crippen LogP contribution in [0.4, 0.5) is 5.69 Å². The molecule has 0 bridgehead atoms. The number of halogens is 1. The highest BCUT2D eigenvalue weighted by atomic mass is 35.5. The molecule has 0 fully saturated rings. The van der Waals surface area contributed by atoms with Crippen LogP contribution in [0, 0.1) is 20.2 Å². The molecule has 82 valence electrons. The lowest BCUT2D eigenvalue weighted by Crippen LogP contribution is -2.09. The molecule has 2 rings (SSSR count). The molecule has 0 amide bonds. The lowest BCUT2D eigenvalue weighted by molar-refractivity contribution is -0.548. The quantitative estimate of drug-likeness (QED) is 0.588. The molecule has 0 aliphatic rings. The summed E-state index contributed by atoms with van der Waals surface area (Å²) >= 11 is 5.65. The van der Waals surface area contributed by atoms with Crippen LogP contribution in [0.25, 0.3) is 10.9 Å². The van der Waals surface area contributed by atoms with Crippen molar-refractivity contribution in [3.05, 3.63) is 43.6 Å². The Bertz CT molecular complexity index is 608. The second kappa shape index (κ2) is 3.42. The van der Waals surface area contributed by atoms with Crippen LogP contribution in [0.2, 0.25) is 5.15 Å². The van der Waals surface area contributed by atoms with Gasteiger partial charge in [-0.15, -0.1) is 0 Å². The highest BCUT2D eigenvalue weighted by molar-refractivity contribution is 6.34. The molecule has 2 aromatic rings. The maximum atomic E-state index is 10.6. The average molecular weight is 243 g/mol. The summed E-state index contributed by atoms with van der Waals surface area (Å²) < 4.78 is 0. The summed E-state index contributed by atoms with van der Waals surface area (Å²) in [5.41, 5.74) is -0.267. The van der Waals surface area contributed by atoms with Crippen molar-refractivity contribution in [1.82, 2.24) is 9.89 Å². The van der Waals surface area contributed by atoms with Crippen LogP contribution in [0.5, 0.6) is 0 Å². The maximum Gasteiger partial charge on any atom is 0.277 e. The molecular formula is C7H3ClN4O4. The number of nitrogens with zero attached hydrogens (tertiary/aromatic N) is 4. The molecule has 16 heavy (non-hydrogen) atoms. The summed E-state index contributed by atoms with van der Waals surface area (Å²) in [6.45, 7) is 0. The minimum absolute atomic E-state index is 0.01000. The number of hydrogen-bond acceptors (Lipinski definition) is 5. The Morgan fingerprint density at radius 2 is 2.00 bits per heavy atom. The lowest BCUT2D eigenvalue weighted by atomic mass is 10.2. The van der Waals surface area contributed by atoms with E-state index in [0.717, 1.165) is 6.07 Å². The summed E-state index contributed by atoms with van der Waals surface area (Å²) in [7, 11) is 0. The SMILES string of the molecule is O=[N+]([O-])c1ccc2c(Cl)nn([N+](=O)[O-])c2c1. The van der Waals surface area contributed by atoms with Gasteiger partial charge in [0.05, 0.1) is 20.4 Å². The molecule has 9 heteroatoms. The third-order valence-corrected chi connectivity index (χ3v) is 2.25. The van der Waals surface area contributed by atoms with E-state index in [2.05, 4.69) is 5.10 Å². The van der Waals surface area contributed by atoms with Gasteiger partial charge in [-0.1, -0.05) is 0 Å². The van der Waals surface area contributed by atoms with Gasteiger partial charge in [0.1, 0.15) is 0 Å². The fraction of sp³-hybridized carbons (Fsp3) is 0. The van der Waals surface area contributed by atoms with Crippen molar-refractivity contribution in [2.75, 3.05) is 0 Å². The van der Waals surface area contributed by atoms with Crippen LogP contribution in [0.15, 0.2) is 18.2 Å². The van der Waals surface area contributed by atoms with E-state index in [4.69, 9.17) is 11.6 Å². The molecule has 0 saturated heterocycles. The molecule has 0 aliphatic carbocycles. The third-order valence-electron chi connectivity index (χ3n) is 1.97. The van der Waals surface area contributed by atoms with Crippen LogP contribution in [-0.2, 0) is 0 Å². The van der Waals surface area contributed by atoms with Crippen LogP contribution in [0.1, 0.15) is 0 Å². The predicted molar refractivity (Wildman–Crippen MR) is 53.8 cm³/mol. The van der Waals surface area contributed by atoms with Crippen LogP contribution in [-0.4, -0.2) is 19.8 Å². The number of aromatic nitrogens is 2. The number of fused-ring (bicyclic) bond motifs is 1. The fourth-order valence-electron chi connectivity index (χ4n) is 1.29. The zero-order valence-corrected chi connectivity index (χ0v) is 8.29. The van der Waals surface area contributed by atoms with Gasteiger partial charge in [-0.05, 0) is 17.7 Å². The number of nitro groups is 2. The van der Waals surface area contributed by atoms with Gasteiger partial charge in [-0.2, -0.15) is 0 Å². The highest BCUT2D eigenvalue weighted by Crippen LogP contribution is 2.26. The van der Waals surface area contributed by atoms with Crippen molar-refractivity contribution in [2.45, 2.75) is 0 Å². The van der Waals surface area contributed by atoms with Crippen LogP contribution >= 0.6 is 11.6 Å². The van der Waals surface area contributed by atoms with E-state index in [9.17, 15) is 20.2 Å². The Hall–Kier alpha value is -2.22. The van der Waals surface area contributed by atoms with Crippen molar-refractivity contribution in [3.63, 3.8) is 0 Å². The lowest BCUT2D eigenvalue weighted by Gasteiger charge is -1.93.